The molecule has 4 nitrogen and oxygen atoms in total. The van der Waals surface area contributed by atoms with Gasteiger partial charge in [0, 0.05) is 50.9 Å². The number of aromatic nitrogens is 1. The van der Waals surface area contributed by atoms with Crippen LogP contribution < -0.4 is 0 Å². The molecule has 1 saturated heterocycles. The lowest BCUT2D eigenvalue weighted by atomic mass is 9.86. The van der Waals surface area contributed by atoms with Gasteiger partial charge in [-0.25, -0.2) is 0 Å². The number of hydrogen-bond donors (Lipinski definition) is 1. The summed E-state index contributed by atoms with van der Waals surface area (Å²) in [6.07, 6.45) is 6.59. The van der Waals surface area contributed by atoms with Crippen LogP contribution in [0.4, 0.5) is 0 Å². The summed E-state index contributed by atoms with van der Waals surface area (Å²) in [5, 5.41) is 11.0. The number of nitrogens with zero attached hydrogens (tertiary/aromatic N) is 3. The maximum atomic E-state index is 11.0. The molecule has 19 heavy (non-hydrogen) atoms. The van der Waals surface area contributed by atoms with E-state index in [1.165, 1.54) is 0 Å². The highest BCUT2D eigenvalue weighted by Crippen LogP contribution is 2.30. The summed E-state index contributed by atoms with van der Waals surface area (Å²) in [6, 6.07) is 3.91. The molecule has 1 aromatic heterocycles. The molecule has 4 heteroatoms. The molecule has 1 unspecified atom stereocenters. The molecule has 0 bridgehead atoms. The van der Waals surface area contributed by atoms with E-state index >= 15 is 0 Å². The summed E-state index contributed by atoms with van der Waals surface area (Å²) in [7, 11) is 2.14. The van der Waals surface area contributed by atoms with Gasteiger partial charge >= 0.3 is 0 Å². The number of likely N-dealkylation sites (N-methyl/N-ethyl adjacent to an activating group) is 1. The van der Waals surface area contributed by atoms with Gasteiger partial charge in [-0.3, -0.25) is 9.88 Å². The van der Waals surface area contributed by atoms with Gasteiger partial charge in [0.2, 0.25) is 0 Å². The van der Waals surface area contributed by atoms with E-state index < -0.39 is 5.60 Å². The van der Waals surface area contributed by atoms with Crippen molar-refractivity contribution in [3.8, 4) is 0 Å². The van der Waals surface area contributed by atoms with E-state index in [1.54, 1.807) is 6.20 Å². The Morgan fingerprint density at radius 2 is 2.11 bits per heavy atom. The number of piperazine rings is 1. The van der Waals surface area contributed by atoms with Gasteiger partial charge in [0.05, 0.1) is 5.69 Å². The van der Waals surface area contributed by atoms with Gasteiger partial charge in [0.25, 0.3) is 0 Å². The third-order valence-electron chi connectivity index (χ3n) is 4.12. The van der Waals surface area contributed by atoms with Crippen molar-refractivity contribution in [1.82, 2.24) is 14.8 Å². The zero-order valence-corrected chi connectivity index (χ0v) is 11.4. The van der Waals surface area contributed by atoms with Crippen LogP contribution in [-0.2, 0) is 12.0 Å². The average Bonchev–Trinajstić information content (AvgIpc) is 2.42. The highest BCUT2D eigenvalue weighted by atomic mass is 16.3. The van der Waals surface area contributed by atoms with Gasteiger partial charge < -0.3 is 10.0 Å². The van der Waals surface area contributed by atoms with Crippen LogP contribution in [0.3, 0.4) is 0 Å². The number of aliphatic hydroxyl groups is 1. The molecule has 1 aliphatic heterocycles. The molecule has 0 radical (unpaired) electrons. The first-order valence-electron chi connectivity index (χ1n) is 6.93. The van der Waals surface area contributed by atoms with Gasteiger partial charge in [-0.15, -0.1) is 0 Å². The molecule has 1 atom stereocenters. The molecule has 1 aromatic rings. The van der Waals surface area contributed by atoms with Crippen molar-refractivity contribution < 1.29 is 5.11 Å². The Morgan fingerprint density at radius 3 is 2.89 bits per heavy atom. The molecule has 0 spiro atoms. The fourth-order valence-corrected chi connectivity index (χ4v) is 2.93. The number of rotatable bonds is 2. The summed E-state index contributed by atoms with van der Waals surface area (Å²) in [4.78, 5) is 9.05. The fourth-order valence-electron chi connectivity index (χ4n) is 2.93. The minimum Gasteiger partial charge on any atom is -0.380 e. The van der Waals surface area contributed by atoms with Crippen LogP contribution >= 0.6 is 0 Å². The first-order valence-corrected chi connectivity index (χ1v) is 6.93. The SMILES string of the molecule is CN1CCN(CC2(O)C=CCc3ncccc32)CC1. The van der Waals surface area contributed by atoms with Crippen molar-refractivity contribution in [1.29, 1.82) is 0 Å². The van der Waals surface area contributed by atoms with Crippen molar-refractivity contribution in [2.45, 2.75) is 12.0 Å². The van der Waals surface area contributed by atoms with Gasteiger partial charge in [0.15, 0.2) is 0 Å². The maximum absolute atomic E-state index is 11.0. The number of β-amino-alcohol motifs (C(OH)–C–C–N with tert-alkyl or cyclic N) is 1. The summed E-state index contributed by atoms with van der Waals surface area (Å²) < 4.78 is 0. The molecule has 0 saturated carbocycles. The van der Waals surface area contributed by atoms with Crippen LogP contribution in [0.5, 0.6) is 0 Å². The van der Waals surface area contributed by atoms with Crippen molar-refractivity contribution in [2.75, 3.05) is 39.8 Å². The van der Waals surface area contributed by atoms with E-state index in [2.05, 4.69) is 21.8 Å². The van der Waals surface area contributed by atoms with Gasteiger partial charge in [-0.1, -0.05) is 18.2 Å². The zero-order valence-electron chi connectivity index (χ0n) is 11.4. The van der Waals surface area contributed by atoms with Crippen LogP contribution in [0.15, 0.2) is 30.5 Å². The molecule has 1 N–H and O–H groups in total. The van der Waals surface area contributed by atoms with E-state index in [-0.39, 0.29) is 0 Å². The highest BCUT2D eigenvalue weighted by molar-refractivity contribution is 5.36. The van der Waals surface area contributed by atoms with E-state index in [9.17, 15) is 5.11 Å². The summed E-state index contributed by atoms with van der Waals surface area (Å²) in [5.74, 6) is 0. The zero-order chi connectivity index (χ0) is 13.3. The molecule has 1 fully saturated rings. The number of pyridine rings is 1. The van der Waals surface area contributed by atoms with Crippen molar-refractivity contribution in [3.63, 3.8) is 0 Å². The lowest BCUT2D eigenvalue weighted by Crippen LogP contribution is -2.50. The number of fused-ring (bicyclic) bond motifs is 1. The second-order valence-electron chi connectivity index (χ2n) is 5.61. The van der Waals surface area contributed by atoms with E-state index in [1.807, 2.05) is 24.3 Å². The van der Waals surface area contributed by atoms with Gasteiger partial charge in [-0.2, -0.15) is 0 Å². The standard InChI is InChI=1S/C15H21N3O/c1-17-8-10-18(11-9-17)12-15(19)6-2-5-14-13(15)4-3-7-16-14/h2-4,6-7,19H,5,8-12H2,1H3. The Labute approximate surface area is 114 Å². The minimum atomic E-state index is -0.877. The number of hydrogen-bond acceptors (Lipinski definition) is 4. The second kappa shape index (κ2) is 5.04. The van der Waals surface area contributed by atoms with E-state index in [4.69, 9.17) is 0 Å². The molecular weight excluding hydrogens is 238 g/mol. The largest absolute Gasteiger partial charge is 0.380 e. The van der Waals surface area contributed by atoms with Crippen molar-refractivity contribution in [3.05, 3.63) is 41.7 Å². The van der Waals surface area contributed by atoms with E-state index in [0.29, 0.717) is 6.54 Å². The van der Waals surface area contributed by atoms with Crippen LogP contribution in [0.2, 0.25) is 0 Å². The van der Waals surface area contributed by atoms with Crippen LogP contribution in [0.1, 0.15) is 11.3 Å². The van der Waals surface area contributed by atoms with Crippen LogP contribution in [0, 0.1) is 0 Å². The van der Waals surface area contributed by atoms with E-state index in [0.717, 1.165) is 43.9 Å². The third kappa shape index (κ3) is 2.56. The molecule has 2 aliphatic rings. The van der Waals surface area contributed by atoms with Crippen LogP contribution in [-0.4, -0.2) is 59.7 Å². The fraction of sp³-hybridized carbons (Fsp3) is 0.533. The lowest BCUT2D eigenvalue weighted by molar-refractivity contribution is 0.0238. The van der Waals surface area contributed by atoms with Crippen molar-refractivity contribution >= 4 is 0 Å². The first kappa shape index (κ1) is 12.8. The lowest BCUT2D eigenvalue weighted by Gasteiger charge is -2.38. The Kier molecular flexibility index (Phi) is 3.39. The summed E-state index contributed by atoms with van der Waals surface area (Å²) >= 11 is 0. The highest BCUT2D eigenvalue weighted by Gasteiger charge is 2.34. The Morgan fingerprint density at radius 1 is 1.32 bits per heavy atom. The third-order valence-corrected chi connectivity index (χ3v) is 4.12. The average molecular weight is 259 g/mol. The first-order chi connectivity index (χ1) is 9.17. The topological polar surface area (TPSA) is 39.6 Å². The Bertz CT molecular complexity index is 480. The van der Waals surface area contributed by atoms with Crippen LogP contribution in [0.25, 0.3) is 0 Å². The monoisotopic (exact) mass is 259 g/mol. The second-order valence-corrected chi connectivity index (χ2v) is 5.61. The molecule has 0 aromatic carbocycles. The van der Waals surface area contributed by atoms with Gasteiger partial charge in [0.1, 0.15) is 5.60 Å². The normalized spacial score (nSPS) is 28.3. The molecule has 2 heterocycles. The van der Waals surface area contributed by atoms with Crippen molar-refractivity contribution in [2.24, 2.45) is 0 Å². The Hall–Kier alpha value is -1.23. The smallest absolute Gasteiger partial charge is 0.122 e. The van der Waals surface area contributed by atoms with Gasteiger partial charge in [-0.05, 0) is 13.1 Å². The predicted molar refractivity (Wildman–Crippen MR) is 74.9 cm³/mol. The molecule has 3 rings (SSSR count). The summed E-state index contributed by atoms with van der Waals surface area (Å²) in [6.45, 7) is 4.83. The summed E-state index contributed by atoms with van der Waals surface area (Å²) in [5.41, 5.74) is 1.09. The quantitative estimate of drug-likeness (QED) is 0.791. The molecular formula is C15H21N3O. The predicted octanol–water partition coefficient (Wildman–Crippen LogP) is 0.629. The molecule has 0 amide bonds. The molecule has 1 aliphatic carbocycles. The Balaban J connectivity index is 1.79. The number of allylic oxidation sites excluding steroid dienone is 1. The minimum absolute atomic E-state index is 0.663. The maximum Gasteiger partial charge on any atom is 0.122 e. The molecule has 102 valence electrons.